The number of nitrogens with zero attached hydrogens (tertiary/aromatic N) is 3. The number of hydrogen-bond donors (Lipinski definition) is 0. The molecule has 0 spiro atoms. The molecule has 2 aromatic rings. The van der Waals surface area contributed by atoms with E-state index in [1.54, 1.807) is 18.5 Å². The maximum atomic E-state index is 12.3. The second kappa shape index (κ2) is 5.36. The van der Waals surface area contributed by atoms with Gasteiger partial charge in [-0.3, -0.25) is 0 Å². The largest absolute Gasteiger partial charge is 0.317 e. The molecule has 108 valence electrons. The van der Waals surface area contributed by atoms with E-state index in [-0.39, 0.29) is 11.5 Å². The summed E-state index contributed by atoms with van der Waals surface area (Å²) >= 11 is 0. The maximum absolute atomic E-state index is 12.3. The first-order valence-electron chi connectivity index (χ1n) is 6.40. The van der Waals surface area contributed by atoms with Crippen molar-refractivity contribution >= 4 is 9.84 Å². The van der Waals surface area contributed by atoms with Crippen LogP contribution in [0.2, 0.25) is 0 Å². The zero-order valence-corrected chi connectivity index (χ0v) is 13.0. The SMILES string of the molecule is Cc1ccc(C)c(CS(=O)(=O)Cc2nnc(C)n2C)c1. The minimum atomic E-state index is -3.26. The molecule has 0 aliphatic carbocycles. The van der Waals surface area contributed by atoms with Crippen molar-refractivity contribution in [2.24, 2.45) is 7.05 Å². The summed E-state index contributed by atoms with van der Waals surface area (Å²) in [5, 5.41) is 7.80. The summed E-state index contributed by atoms with van der Waals surface area (Å²) in [5.74, 6) is 1.14. The summed E-state index contributed by atoms with van der Waals surface area (Å²) in [6.45, 7) is 5.69. The second-order valence-electron chi connectivity index (χ2n) is 5.18. The topological polar surface area (TPSA) is 64.8 Å². The number of rotatable bonds is 4. The van der Waals surface area contributed by atoms with Gasteiger partial charge < -0.3 is 4.57 Å². The van der Waals surface area contributed by atoms with Gasteiger partial charge in [-0.2, -0.15) is 0 Å². The smallest absolute Gasteiger partial charge is 0.161 e. The van der Waals surface area contributed by atoms with Crippen LogP contribution in [-0.2, 0) is 28.4 Å². The Morgan fingerprint density at radius 1 is 1.10 bits per heavy atom. The van der Waals surface area contributed by atoms with Crippen LogP contribution in [0.4, 0.5) is 0 Å². The van der Waals surface area contributed by atoms with Crippen LogP contribution in [0.15, 0.2) is 18.2 Å². The zero-order chi connectivity index (χ0) is 14.9. The molecule has 0 atom stereocenters. The third-order valence-electron chi connectivity index (χ3n) is 3.41. The molecule has 0 aliphatic heterocycles. The van der Waals surface area contributed by atoms with Crippen molar-refractivity contribution in [3.63, 3.8) is 0 Å². The van der Waals surface area contributed by atoms with E-state index < -0.39 is 9.84 Å². The van der Waals surface area contributed by atoms with Gasteiger partial charge in [-0.25, -0.2) is 8.42 Å². The van der Waals surface area contributed by atoms with Crippen LogP contribution in [0.25, 0.3) is 0 Å². The molecular weight excluding hydrogens is 274 g/mol. The lowest BCUT2D eigenvalue weighted by Gasteiger charge is -2.08. The summed E-state index contributed by atoms with van der Waals surface area (Å²) in [7, 11) is -1.48. The van der Waals surface area contributed by atoms with Crippen molar-refractivity contribution in [2.75, 3.05) is 0 Å². The third-order valence-corrected chi connectivity index (χ3v) is 4.86. The quantitative estimate of drug-likeness (QED) is 0.863. The Balaban J connectivity index is 2.23. The van der Waals surface area contributed by atoms with Gasteiger partial charge in [-0.15, -0.1) is 10.2 Å². The molecule has 1 heterocycles. The third kappa shape index (κ3) is 3.25. The van der Waals surface area contributed by atoms with Crippen LogP contribution in [0.3, 0.4) is 0 Å². The molecule has 5 nitrogen and oxygen atoms in total. The normalized spacial score (nSPS) is 11.8. The lowest BCUT2D eigenvalue weighted by atomic mass is 10.1. The van der Waals surface area contributed by atoms with Crippen LogP contribution in [0.5, 0.6) is 0 Å². The Hall–Kier alpha value is -1.69. The molecule has 20 heavy (non-hydrogen) atoms. The number of aromatic nitrogens is 3. The molecule has 0 fully saturated rings. The molecule has 0 radical (unpaired) electrons. The standard InChI is InChI=1S/C14H19N3O2S/c1-10-5-6-11(2)13(7-10)8-20(18,19)9-14-16-15-12(3)17(14)4/h5-7H,8-9H2,1-4H3. The monoisotopic (exact) mass is 293 g/mol. The summed E-state index contributed by atoms with van der Waals surface area (Å²) in [6.07, 6.45) is 0. The Kier molecular flexibility index (Phi) is 3.94. The first kappa shape index (κ1) is 14.7. The second-order valence-corrected chi connectivity index (χ2v) is 7.25. The molecular formula is C14H19N3O2S. The molecule has 0 aliphatic rings. The highest BCUT2D eigenvalue weighted by Gasteiger charge is 2.18. The summed E-state index contributed by atoms with van der Waals surface area (Å²) < 4.78 is 26.3. The van der Waals surface area contributed by atoms with Crippen LogP contribution in [0, 0.1) is 20.8 Å². The van der Waals surface area contributed by atoms with E-state index in [2.05, 4.69) is 10.2 Å². The Morgan fingerprint density at radius 3 is 2.40 bits per heavy atom. The molecule has 0 amide bonds. The average Bonchev–Trinajstić information content (AvgIpc) is 2.65. The van der Waals surface area contributed by atoms with E-state index in [1.165, 1.54) is 0 Å². The van der Waals surface area contributed by atoms with E-state index in [9.17, 15) is 8.42 Å². The molecule has 6 heteroatoms. The summed E-state index contributed by atoms with van der Waals surface area (Å²) in [4.78, 5) is 0. The van der Waals surface area contributed by atoms with Crippen molar-refractivity contribution in [3.05, 3.63) is 46.5 Å². The van der Waals surface area contributed by atoms with Gasteiger partial charge in [0, 0.05) is 7.05 Å². The van der Waals surface area contributed by atoms with Gasteiger partial charge in [-0.1, -0.05) is 23.8 Å². The van der Waals surface area contributed by atoms with Gasteiger partial charge in [0.1, 0.15) is 17.4 Å². The fourth-order valence-corrected chi connectivity index (χ4v) is 3.55. The number of sulfone groups is 1. The maximum Gasteiger partial charge on any atom is 0.161 e. The molecule has 1 aromatic carbocycles. The van der Waals surface area contributed by atoms with Crippen LogP contribution >= 0.6 is 0 Å². The number of aryl methyl sites for hydroxylation is 3. The van der Waals surface area contributed by atoms with E-state index in [0.29, 0.717) is 11.6 Å². The van der Waals surface area contributed by atoms with Crippen LogP contribution in [-0.4, -0.2) is 23.2 Å². The molecule has 2 rings (SSSR count). The predicted octanol–water partition coefficient (Wildman–Crippen LogP) is 1.86. The zero-order valence-electron chi connectivity index (χ0n) is 12.2. The predicted molar refractivity (Wildman–Crippen MR) is 78.0 cm³/mol. The number of benzene rings is 1. The summed E-state index contributed by atoms with van der Waals surface area (Å²) in [5.41, 5.74) is 2.91. The van der Waals surface area contributed by atoms with Crippen LogP contribution < -0.4 is 0 Å². The lowest BCUT2D eigenvalue weighted by Crippen LogP contribution is -2.12. The molecule has 0 unspecified atom stereocenters. The van der Waals surface area contributed by atoms with Gasteiger partial charge in [0.2, 0.25) is 0 Å². The van der Waals surface area contributed by atoms with Gasteiger partial charge in [-0.05, 0) is 31.9 Å². The van der Waals surface area contributed by atoms with E-state index in [4.69, 9.17) is 0 Å². The Labute approximate surface area is 119 Å². The van der Waals surface area contributed by atoms with Crippen LogP contribution in [0.1, 0.15) is 28.3 Å². The van der Waals surface area contributed by atoms with Crippen molar-refractivity contribution in [1.29, 1.82) is 0 Å². The summed E-state index contributed by atoms with van der Waals surface area (Å²) in [6, 6.07) is 5.86. The molecule has 0 saturated heterocycles. The highest BCUT2D eigenvalue weighted by atomic mass is 32.2. The van der Waals surface area contributed by atoms with Crippen molar-refractivity contribution in [1.82, 2.24) is 14.8 Å². The molecule has 0 N–H and O–H groups in total. The lowest BCUT2D eigenvalue weighted by molar-refractivity contribution is 0.591. The van der Waals surface area contributed by atoms with E-state index in [1.807, 2.05) is 32.0 Å². The first-order valence-corrected chi connectivity index (χ1v) is 8.22. The van der Waals surface area contributed by atoms with E-state index in [0.717, 1.165) is 16.7 Å². The van der Waals surface area contributed by atoms with Gasteiger partial charge in [0.05, 0.1) is 5.75 Å². The average molecular weight is 293 g/mol. The fourth-order valence-electron chi connectivity index (χ4n) is 2.02. The highest BCUT2D eigenvalue weighted by molar-refractivity contribution is 7.89. The molecule has 0 bridgehead atoms. The number of hydrogen-bond acceptors (Lipinski definition) is 4. The Bertz CT molecular complexity index is 733. The van der Waals surface area contributed by atoms with Gasteiger partial charge >= 0.3 is 0 Å². The fraction of sp³-hybridized carbons (Fsp3) is 0.429. The molecule has 1 aromatic heterocycles. The highest BCUT2D eigenvalue weighted by Crippen LogP contribution is 2.16. The minimum absolute atomic E-state index is 0.0341. The van der Waals surface area contributed by atoms with Crippen molar-refractivity contribution in [3.8, 4) is 0 Å². The van der Waals surface area contributed by atoms with Crippen molar-refractivity contribution in [2.45, 2.75) is 32.3 Å². The minimum Gasteiger partial charge on any atom is -0.317 e. The Morgan fingerprint density at radius 2 is 1.80 bits per heavy atom. The molecule has 0 saturated carbocycles. The van der Waals surface area contributed by atoms with Crippen molar-refractivity contribution < 1.29 is 8.42 Å². The van der Waals surface area contributed by atoms with Gasteiger partial charge in [0.25, 0.3) is 0 Å². The van der Waals surface area contributed by atoms with E-state index >= 15 is 0 Å². The first-order chi connectivity index (χ1) is 9.28. The van der Waals surface area contributed by atoms with Gasteiger partial charge in [0.15, 0.2) is 9.84 Å².